The van der Waals surface area contributed by atoms with Crippen molar-refractivity contribution in [2.45, 2.75) is 0 Å². The van der Waals surface area contributed by atoms with Crippen molar-refractivity contribution in [1.82, 2.24) is 4.90 Å². The third-order valence-electron chi connectivity index (χ3n) is 0.494. The molecule has 0 bridgehead atoms. The molecule has 0 N–H and O–H groups in total. The molecule has 0 fully saturated rings. The molecule has 2 heteroatoms. The van der Waals surface area contributed by atoms with E-state index < -0.39 is 0 Å². The van der Waals surface area contributed by atoms with Gasteiger partial charge in [0, 0.05) is 6.54 Å². The summed E-state index contributed by atoms with van der Waals surface area (Å²) in [4.78, 5) is 2.06. The molecule has 0 heterocycles. The normalized spacial score (nSPS) is 7.86. The standard InChI is InChI=1S/C5H11N.H2S/c1-4-5-6(2)3;/h4H,1,5H2,2-3H3;1H2. The zero-order valence-electron chi connectivity index (χ0n) is 4.94. The van der Waals surface area contributed by atoms with E-state index in [4.69, 9.17) is 0 Å². The summed E-state index contributed by atoms with van der Waals surface area (Å²) in [5, 5.41) is 0. The van der Waals surface area contributed by atoms with Crippen LogP contribution in [0.2, 0.25) is 0 Å². The lowest BCUT2D eigenvalue weighted by molar-refractivity contribution is 0.457. The molecule has 0 saturated carbocycles. The zero-order valence-corrected chi connectivity index (χ0v) is 5.94. The van der Waals surface area contributed by atoms with Crippen molar-refractivity contribution in [2.24, 2.45) is 0 Å². The Bertz CT molecular complexity index is 43.3. The van der Waals surface area contributed by atoms with E-state index in [1.54, 1.807) is 0 Å². The second-order valence-electron chi connectivity index (χ2n) is 1.55. The monoisotopic (exact) mass is 119 g/mol. The Balaban J connectivity index is 0. The minimum absolute atomic E-state index is 0. The third-order valence-corrected chi connectivity index (χ3v) is 0.494. The number of hydrogen-bond acceptors (Lipinski definition) is 1. The lowest BCUT2D eigenvalue weighted by Crippen LogP contribution is -2.09. The Morgan fingerprint density at radius 3 is 2.00 bits per heavy atom. The van der Waals surface area contributed by atoms with Crippen molar-refractivity contribution in [1.29, 1.82) is 0 Å². The van der Waals surface area contributed by atoms with Gasteiger partial charge in [-0.05, 0) is 14.1 Å². The summed E-state index contributed by atoms with van der Waals surface area (Å²) in [5.74, 6) is 0. The molecule has 0 aliphatic heterocycles. The van der Waals surface area contributed by atoms with E-state index in [9.17, 15) is 0 Å². The maximum Gasteiger partial charge on any atom is 0.0154 e. The fourth-order valence-corrected chi connectivity index (χ4v) is 0.258. The van der Waals surface area contributed by atoms with E-state index in [0.717, 1.165) is 6.54 Å². The number of rotatable bonds is 2. The Morgan fingerprint density at radius 1 is 1.57 bits per heavy atom. The first-order chi connectivity index (χ1) is 2.77. The maximum atomic E-state index is 3.56. The number of nitrogens with zero attached hydrogens (tertiary/aromatic N) is 1. The fraction of sp³-hybridized carbons (Fsp3) is 0.600. The highest BCUT2D eigenvalue weighted by atomic mass is 32.1. The van der Waals surface area contributed by atoms with Crippen molar-refractivity contribution in [3.63, 3.8) is 0 Å². The molecule has 0 aromatic carbocycles. The summed E-state index contributed by atoms with van der Waals surface area (Å²) in [5.41, 5.74) is 0. The quantitative estimate of drug-likeness (QED) is 0.487. The van der Waals surface area contributed by atoms with Gasteiger partial charge in [-0.2, -0.15) is 13.5 Å². The fourth-order valence-electron chi connectivity index (χ4n) is 0.258. The van der Waals surface area contributed by atoms with Gasteiger partial charge >= 0.3 is 0 Å². The first-order valence-corrected chi connectivity index (χ1v) is 2.03. The van der Waals surface area contributed by atoms with Crippen LogP contribution in [-0.4, -0.2) is 25.5 Å². The van der Waals surface area contributed by atoms with E-state index in [2.05, 4.69) is 11.5 Å². The second-order valence-corrected chi connectivity index (χ2v) is 1.55. The molecule has 0 saturated heterocycles. The van der Waals surface area contributed by atoms with E-state index >= 15 is 0 Å². The first-order valence-electron chi connectivity index (χ1n) is 2.03. The molecule has 0 aliphatic carbocycles. The summed E-state index contributed by atoms with van der Waals surface area (Å²) in [6.45, 7) is 4.53. The lowest BCUT2D eigenvalue weighted by Gasteiger charge is -2.01. The molecule has 0 atom stereocenters. The van der Waals surface area contributed by atoms with Crippen molar-refractivity contribution in [3.05, 3.63) is 12.7 Å². The molecule has 0 aromatic rings. The summed E-state index contributed by atoms with van der Waals surface area (Å²) >= 11 is 0. The van der Waals surface area contributed by atoms with Crippen LogP contribution in [0.1, 0.15) is 0 Å². The molecule has 0 spiro atoms. The molecule has 0 aliphatic rings. The third kappa shape index (κ3) is 10.7. The first kappa shape index (κ1) is 10.1. The molecule has 0 aromatic heterocycles. The van der Waals surface area contributed by atoms with E-state index in [1.165, 1.54) is 0 Å². The molecular formula is C5H13NS. The summed E-state index contributed by atoms with van der Waals surface area (Å²) in [6, 6.07) is 0. The average molecular weight is 119 g/mol. The van der Waals surface area contributed by atoms with Gasteiger partial charge in [-0.1, -0.05) is 6.08 Å². The van der Waals surface area contributed by atoms with Crippen molar-refractivity contribution in [2.75, 3.05) is 20.6 Å². The van der Waals surface area contributed by atoms with Crippen LogP contribution in [0.25, 0.3) is 0 Å². The maximum absolute atomic E-state index is 3.56. The highest BCUT2D eigenvalue weighted by molar-refractivity contribution is 7.59. The van der Waals surface area contributed by atoms with Crippen LogP contribution in [0.3, 0.4) is 0 Å². The largest absolute Gasteiger partial charge is 0.306 e. The molecule has 0 amide bonds. The molecule has 0 radical (unpaired) electrons. The Labute approximate surface area is 52.5 Å². The van der Waals surface area contributed by atoms with Crippen LogP contribution < -0.4 is 0 Å². The van der Waals surface area contributed by atoms with Crippen LogP contribution in [0.4, 0.5) is 0 Å². The second kappa shape index (κ2) is 6.05. The minimum Gasteiger partial charge on any atom is -0.306 e. The highest BCUT2D eigenvalue weighted by Gasteiger charge is 1.75. The predicted molar refractivity (Wildman–Crippen MR) is 39.1 cm³/mol. The lowest BCUT2D eigenvalue weighted by atomic mass is 10.6. The SMILES string of the molecule is C=CCN(C)C.S. The van der Waals surface area contributed by atoms with Gasteiger partial charge in [0.25, 0.3) is 0 Å². The van der Waals surface area contributed by atoms with Crippen LogP contribution in [0.15, 0.2) is 12.7 Å². The van der Waals surface area contributed by atoms with E-state index in [0.29, 0.717) is 0 Å². The van der Waals surface area contributed by atoms with Crippen LogP contribution in [-0.2, 0) is 0 Å². The Kier molecular flexibility index (Phi) is 8.75. The van der Waals surface area contributed by atoms with Gasteiger partial charge in [0.2, 0.25) is 0 Å². The van der Waals surface area contributed by atoms with E-state index in [1.807, 2.05) is 20.2 Å². The van der Waals surface area contributed by atoms with Crippen molar-refractivity contribution >= 4 is 13.5 Å². The number of hydrogen-bond donors (Lipinski definition) is 0. The van der Waals surface area contributed by atoms with Gasteiger partial charge in [0.15, 0.2) is 0 Å². The zero-order chi connectivity index (χ0) is 4.99. The number of likely N-dealkylation sites (N-methyl/N-ethyl adjacent to an activating group) is 1. The Hall–Kier alpha value is 0.0500. The predicted octanol–water partition coefficient (Wildman–Crippen LogP) is 0.847. The summed E-state index contributed by atoms with van der Waals surface area (Å²) in [7, 11) is 4.03. The molecular weight excluding hydrogens is 106 g/mol. The molecule has 0 rings (SSSR count). The van der Waals surface area contributed by atoms with Crippen LogP contribution in [0.5, 0.6) is 0 Å². The van der Waals surface area contributed by atoms with Crippen molar-refractivity contribution < 1.29 is 0 Å². The highest BCUT2D eigenvalue weighted by Crippen LogP contribution is 1.69. The molecule has 7 heavy (non-hydrogen) atoms. The van der Waals surface area contributed by atoms with Gasteiger partial charge in [-0.15, -0.1) is 6.58 Å². The van der Waals surface area contributed by atoms with Gasteiger partial charge in [0.05, 0.1) is 0 Å². The van der Waals surface area contributed by atoms with Gasteiger partial charge in [0.1, 0.15) is 0 Å². The van der Waals surface area contributed by atoms with Crippen LogP contribution >= 0.6 is 13.5 Å². The van der Waals surface area contributed by atoms with Gasteiger partial charge < -0.3 is 4.90 Å². The molecule has 44 valence electrons. The van der Waals surface area contributed by atoms with Crippen LogP contribution in [0, 0.1) is 0 Å². The molecule has 1 nitrogen and oxygen atoms in total. The van der Waals surface area contributed by atoms with Gasteiger partial charge in [-0.3, -0.25) is 0 Å². The summed E-state index contributed by atoms with van der Waals surface area (Å²) < 4.78 is 0. The molecule has 0 unspecified atom stereocenters. The summed E-state index contributed by atoms with van der Waals surface area (Å²) in [6.07, 6.45) is 1.88. The van der Waals surface area contributed by atoms with Gasteiger partial charge in [-0.25, -0.2) is 0 Å². The minimum atomic E-state index is 0. The smallest absolute Gasteiger partial charge is 0.0154 e. The van der Waals surface area contributed by atoms with E-state index in [-0.39, 0.29) is 13.5 Å². The topological polar surface area (TPSA) is 3.24 Å². The van der Waals surface area contributed by atoms with Crippen molar-refractivity contribution in [3.8, 4) is 0 Å². The Morgan fingerprint density at radius 2 is 2.00 bits per heavy atom. The average Bonchev–Trinajstić information content (AvgIpc) is 1.35.